The van der Waals surface area contributed by atoms with Crippen molar-refractivity contribution in [3.05, 3.63) is 0 Å². The Morgan fingerprint density at radius 3 is 1.95 bits per heavy atom. The summed E-state index contributed by atoms with van der Waals surface area (Å²) in [6.45, 7) is 2.35. The van der Waals surface area contributed by atoms with E-state index in [0.29, 0.717) is 0 Å². The SMILES string of the molecule is CCCCCCCCCCCCSC1OCC(O)C(O)C1O. The third-order valence-corrected chi connectivity index (χ3v) is 5.50. The molecule has 5 heteroatoms. The van der Waals surface area contributed by atoms with Gasteiger partial charge in [0.2, 0.25) is 0 Å². The van der Waals surface area contributed by atoms with E-state index in [2.05, 4.69) is 6.92 Å². The molecule has 0 amide bonds. The Labute approximate surface area is 139 Å². The molecule has 4 atom stereocenters. The molecule has 0 bridgehead atoms. The van der Waals surface area contributed by atoms with Crippen molar-refractivity contribution in [3.8, 4) is 0 Å². The first-order valence-electron chi connectivity index (χ1n) is 8.94. The van der Waals surface area contributed by atoms with Crippen LogP contribution in [0.1, 0.15) is 71.1 Å². The lowest BCUT2D eigenvalue weighted by Crippen LogP contribution is -2.51. The second-order valence-electron chi connectivity index (χ2n) is 6.30. The van der Waals surface area contributed by atoms with Crippen LogP contribution in [-0.2, 0) is 4.74 Å². The predicted octanol–water partition coefficient (Wildman–Crippen LogP) is 3.08. The zero-order valence-electron chi connectivity index (χ0n) is 14.0. The highest BCUT2D eigenvalue weighted by Gasteiger charge is 2.37. The predicted molar refractivity (Wildman–Crippen MR) is 92.1 cm³/mol. The molecule has 3 N–H and O–H groups in total. The molecule has 1 aliphatic rings. The van der Waals surface area contributed by atoms with Crippen LogP contribution in [-0.4, -0.2) is 51.4 Å². The van der Waals surface area contributed by atoms with Crippen LogP contribution in [0.2, 0.25) is 0 Å². The number of thioether (sulfide) groups is 1. The number of ether oxygens (including phenoxy) is 1. The third-order valence-electron chi connectivity index (χ3n) is 4.23. The van der Waals surface area contributed by atoms with Crippen LogP contribution in [0, 0.1) is 0 Å². The lowest BCUT2D eigenvalue weighted by molar-refractivity contribution is -0.161. The summed E-state index contributed by atoms with van der Waals surface area (Å²) >= 11 is 1.55. The van der Waals surface area contributed by atoms with E-state index >= 15 is 0 Å². The maximum absolute atomic E-state index is 9.81. The Hall–Kier alpha value is 0.190. The zero-order chi connectivity index (χ0) is 16.2. The molecule has 0 aromatic heterocycles. The lowest BCUT2D eigenvalue weighted by atomic mass is 10.1. The van der Waals surface area contributed by atoms with Gasteiger partial charge in [0.25, 0.3) is 0 Å². The molecule has 0 radical (unpaired) electrons. The minimum absolute atomic E-state index is 0.105. The topological polar surface area (TPSA) is 69.9 Å². The normalized spacial score (nSPS) is 28.9. The van der Waals surface area contributed by atoms with Gasteiger partial charge in [-0.05, 0) is 12.2 Å². The minimum Gasteiger partial charge on any atom is -0.388 e. The molecule has 1 saturated heterocycles. The molecule has 0 saturated carbocycles. The molecule has 1 rings (SSSR count). The summed E-state index contributed by atoms with van der Waals surface area (Å²) in [5, 5.41) is 28.8. The molecule has 1 fully saturated rings. The van der Waals surface area contributed by atoms with Crippen LogP contribution in [0.3, 0.4) is 0 Å². The summed E-state index contributed by atoms with van der Waals surface area (Å²) in [4.78, 5) is 0. The highest BCUT2D eigenvalue weighted by Crippen LogP contribution is 2.25. The van der Waals surface area contributed by atoms with Crippen molar-refractivity contribution in [2.45, 2.75) is 94.9 Å². The van der Waals surface area contributed by atoms with Gasteiger partial charge in [-0.25, -0.2) is 0 Å². The quantitative estimate of drug-likeness (QED) is 0.479. The molecule has 22 heavy (non-hydrogen) atoms. The Bertz CT molecular complexity index is 265. The van der Waals surface area contributed by atoms with E-state index in [9.17, 15) is 15.3 Å². The summed E-state index contributed by atoms with van der Waals surface area (Å²) < 4.78 is 5.37. The van der Waals surface area contributed by atoms with Gasteiger partial charge < -0.3 is 20.1 Å². The molecule has 1 heterocycles. The van der Waals surface area contributed by atoms with Crippen LogP contribution in [0.15, 0.2) is 0 Å². The van der Waals surface area contributed by atoms with E-state index in [1.165, 1.54) is 57.8 Å². The number of aliphatic hydroxyl groups is 3. The smallest absolute Gasteiger partial charge is 0.131 e. The summed E-state index contributed by atoms with van der Waals surface area (Å²) in [6, 6.07) is 0. The van der Waals surface area contributed by atoms with Crippen molar-refractivity contribution in [2.24, 2.45) is 0 Å². The standard InChI is InChI=1S/C17H34O4S/c1-2-3-4-5-6-7-8-9-10-11-12-22-17-16(20)15(19)14(18)13-21-17/h14-20H,2-13H2,1H3. The third kappa shape index (κ3) is 8.16. The first kappa shape index (κ1) is 20.2. The molecular weight excluding hydrogens is 300 g/mol. The van der Waals surface area contributed by atoms with Gasteiger partial charge in [0.05, 0.1) is 6.61 Å². The van der Waals surface area contributed by atoms with Crippen molar-refractivity contribution >= 4 is 11.8 Å². The Balaban J connectivity index is 1.89. The van der Waals surface area contributed by atoms with Gasteiger partial charge in [-0.15, -0.1) is 11.8 Å². The molecule has 4 unspecified atom stereocenters. The second kappa shape index (κ2) is 12.6. The average Bonchev–Trinajstić information content (AvgIpc) is 2.52. The molecule has 0 aromatic rings. The fraction of sp³-hybridized carbons (Fsp3) is 1.00. The molecule has 0 aromatic carbocycles. The molecule has 4 nitrogen and oxygen atoms in total. The van der Waals surface area contributed by atoms with Gasteiger partial charge in [-0.2, -0.15) is 0 Å². The second-order valence-corrected chi connectivity index (χ2v) is 7.51. The summed E-state index contributed by atoms with van der Waals surface area (Å²) in [5.74, 6) is 0.932. The molecular formula is C17H34O4S. The average molecular weight is 335 g/mol. The van der Waals surface area contributed by atoms with E-state index in [0.717, 1.165) is 12.2 Å². The summed E-state index contributed by atoms with van der Waals surface area (Å²) in [6.07, 6.45) is 10.1. The number of hydrogen-bond donors (Lipinski definition) is 3. The molecule has 132 valence electrons. The monoisotopic (exact) mass is 334 g/mol. The van der Waals surface area contributed by atoms with Crippen LogP contribution < -0.4 is 0 Å². The highest BCUT2D eigenvalue weighted by molar-refractivity contribution is 7.99. The number of aliphatic hydroxyl groups excluding tert-OH is 3. The Kier molecular flexibility index (Phi) is 11.6. The van der Waals surface area contributed by atoms with Crippen LogP contribution in [0.5, 0.6) is 0 Å². The van der Waals surface area contributed by atoms with Gasteiger partial charge in [-0.3, -0.25) is 0 Å². The van der Waals surface area contributed by atoms with Gasteiger partial charge in [-0.1, -0.05) is 64.7 Å². The highest BCUT2D eigenvalue weighted by atomic mass is 32.2. The maximum atomic E-state index is 9.81. The van der Waals surface area contributed by atoms with Crippen molar-refractivity contribution < 1.29 is 20.1 Å². The van der Waals surface area contributed by atoms with Crippen LogP contribution in [0.25, 0.3) is 0 Å². The molecule has 0 spiro atoms. The van der Waals surface area contributed by atoms with E-state index in [1.54, 1.807) is 11.8 Å². The van der Waals surface area contributed by atoms with Gasteiger partial charge >= 0.3 is 0 Å². The van der Waals surface area contributed by atoms with E-state index < -0.39 is 23.7 Å². The van der Waals surface area contributed by atoms with Gasteiger partial charge in [0.1, 0.15) is 23.7 Å². The Morgan fingerprint density at radius 2 is 1.36 bits per heavy atom. The minimum atomic E-state index is -1.08. The van der Waals surface area contributed by atoms with Crippen molar-refractivity contribution in [1.29, 1.82) is 0 Å². The number of unbranched alkanes of at least 4 members (excludes halogenated alkanes) is 9. The van der Waals surface area contributed by atoms with E-state index in [-0.39, 0.29) is 6.61 Å². The Morgan fingerprint density at radius 1 is 0.818 bits per heavy atom. The summed E-state index contributed by atoms with van der Waals surface area (Å²) in [5.41, 5.74) is -0.406. The fourth-order valence-corrected chi connectivity index (χ4v) is 3.85. The fourth-order valence-electron chi connectivity index (χ4n) is 2.71. The lowest BCUT2D eigenvalue weighted by Gasteiger charge is -2.34. The van der Waals surface area contributed by atoms with E-state index in [4.69, 9.17) is 4.74 Å². The molecule has 1 aliphatic heterocycles. The van der Waals surface area contributed by atoms with Gasteiger partial charge in [0, 0.05) is 0 Å². The van der Waals surface area contributed by atoms with Crippen LogP contribution >= 0.6 is 11.8 Å². The van der Waals surface area contributed by atoms with Crippen molar-refractivity contribution in [1.82, 2.24) is 0 Å². The first-order valence-corrected chi connectivity index (χ1v) is 9.99. The van der Waals surface area contributed by atoms with Gasteiger partial charge in [0.15, 0.2) is 0 Å². The summed E-state index contributed by atoms with van der Waals surface area (Å²) in [7, 11) is 0. The van der Waals surface area contributed by atoms with E-state index in [1.807, 2.05) is 0 Å². The first-order chi connectivity index (χ1) is 10.7. The van der Waals surface area contributed by atoms with Crippen molar-refractivity contribution in [2.75, 3.05) is 12.4 Å². The van der Waals surface area contributed by atoms with Crippen molar-refractivity contribution in [3.63, 3.8) is 0 Å². The maximum Gasteiger partial charge on any atom is 0.131 e. The zero-order valence-corrected chi connectivity index (χ0v) is 14.8. The molecule has 0 aliphatic carbocycles. The van der Waals surface area contributed by atoms with Crippen LogP contribution in [0.4, 0.5) is 0 Å². The largest absolute Gasteiger partial charge is 0.388 e. The number of hydrogen-bond acceptors (Lipinski definition) is 5. The number of rotatable bonds is 12.